The van der Waals surface area contributed by atoms with Crippen molar-refractivity contribution >= 4 is 11.7 Å². The molecular formula is C13H18N2O. The first-order valence-corrected chi connectivity index (χ1v) is 5.80. The molecule has 1 aromatic carbocycles. The van der Waals surface area contributed by atoms with E-state index in [0.29, 0.717) is 0 Å². The summed E-state index contributed by atoms with van der Waals surface area (Å²) in [5.41, 5.74) is 3.21. The van der Waals surface area contributed by atoms with E-state index < -0.39 is 0 Å². The van der Waals surface area contributed by atoms with Gasteiger partial charge in [0.25, 0.3) is 0 Å². The molecule has 1 fully saturated rings. The number of aryl methyl sites for hydroxylation is 2. The van der Waals surface area contributed by atoms with Crippen molar-refractivity contribution < 1.29 is 4.79 Å². The zero-order valence-electron chi connectivity index (χ0n) is 9.92. The molecular weight excluding hydrogens is 200 g/mol. The maximum Gasteiger partial charge on any atom is 0.321 e. The van der Waals surface area contributed by atoms with Crippen molar-refractivity contribution in [3.05, 3.63) is 29.3 Å². The number of likely N-dealkylation sites (tertiary alicyclic amines) is 1. The number of carbonyl (C=O) groups is 1. The Bertz CT molecular complexity index is 395. The largest absolute Gasteiger partial charge is 0.325 e. The van der Waals surface area contributed by atoms with Crippen LogP contribution in [0.4, 0.5) is 10.5 Å². The molecule has 0 spiro atoms. The maximum absolute atomic E-state index is 11.9. The molecule has 1 saturated heterocycles. The van der Waals surface area contributed by atoms with Crippen molar-refractivity contribution in [2.45, 2.75) is 26.7 Å². The number of nitrogens with zero attached hydrogens (tertiary/aromatic N) is 1. The van der Waals surface area contributed by atoms with Gasteiger partial charge in [-0.05, 0) is 43.9 Å². The van der Waals surface area contributed by atoms with E-state index in [2.05, 4.69) is 11.4 Å². The summed E-state index contributed by atoms with van der Waals surface area (Å²) in [4.78, 5) is 13.8. The first-order chi connectivity index (χ1) is 7.66. The molecule has 0 atom stereocenters. The number of anilines is 1. The van der Waals surface area contributed by atoms with Crippen LogP contribution in [0.25, 0.3) is 0 Å². The highest BCUT2D eigenvalue weighted by molar-refractivity contribution is 5.90. The first-order valence-electron chi connectivity index (χ1n) is 5.80. The highest BCUT2D eigenvalue weighted by Crippen LogP contribution is 2.18. The van der Waals surface area contributed by atoms with Crippen molar-refractivity contribution in [3.8, 4) is 0 Å². The van der Waals surface area contributed by atoms with E-state index in [1.165, 1.54) is 5.56 Å². The topological polar surface area (TPSA) is 32.3 Å². The lowest BCUT2D eigenvalue weighted by Gasteiger charge is -2.17. The standard InChI is InChI=1S/C13H18N2O/c1-10-5-6-11(2)12(9-10)14-13(16)15-7-3-4-8-15/h5-6,9H,3-4,7-8H2,1-2H3,(H,14,16). The van der Waals surface area contributed by atoms with Crippen LogP contribution in [0.2, 0.25) is 0 Å². The smallest absolute Gasteiger partial charge is 0.321 e. The molecule has 1 aromatic rings. The van der Waals surface area contributed by atoms with E-state index in [0.717, 1.165) is 37.2 Å². The van der Waals surface area contributed by atoms with Gasteiger partial charge in [0.1, 0.15) is 0 Å². The fraction of sp³-hybridized carbons (Fsp3) is 0.462. The summed E-state index contributed by atoms with van der Waals surface area (Å²) in [6.07, 6.45) is 2.25. The van der Waals surface area contributed by atoms with Crippen molar-refractivity contribution in [2.75, 3.05) is 18.4 Å². The predicted octanol–water partition coefficient (Wildman–Crippen LogP) is 2.93. The number of rotatable bonds is 1. The predicted molar refractivity (Wildman–Crippen MR) is 65.7 cm³/mol. The fourth-order valence-electron chi connectivity index (χ4n) is 1.98. The zero-order chi connectivity index (χ0) is 11.5. The van der Waals surface area contributed by atoms with Crippen LogP contribution in [0.3, 0.4) is 0 Å². The number of hydrogen-bond donors (Lipinski definition) is 1. The van der Waals surface area contributed by atoms with E-state index in [4.69, 9.17) is 0 Å². The van der Waals surface area contributed by atoms with Gasteiger partial charge in [-0.3, -0.25) is 0 Å². The molecule has 0 aliphatic carbocycles. The molecule has 0 radical (unpaired) electrons. The summed E-state index contributed by atoms with van der Waals surface area (Å²) in [7, 11) is 0. The lowest BCUT2D eigenvalue weighted by molar-refractivity contribution is 0.222. The summed E-state index contributed by atoms with van der Waals surface area (Å²) in [5, 5.41) is 2.98. The Morgan fingerprint density at radius 1 is 1.25 bits per heavy atom. The van der Waals surface area contributed by atoms with E-state index in [1.807, 2.05) is 30.9 Å². The molecule has 0 saturated carbocycles. The Morgan fingerprint density at radius 3 is 2.62 bits per heavy atom. The van der Waals surface area contributed by atoms with Crippen LogP contribution in [-0.4, -0.2) is 24.0 Å². The van der Waals surface area contributed by atoms with Crippen LogP contribution >= 0.6 is 0 Å². The highest BCUT2D eigenvalue weighted by Gasteiger charge is 2.18. The van der Waals surface area contributed by atoms with Crippen LogP contribution < -0.4 is 5.32 Å². The molecule has 1 aliphatic heterocycles. The first kappa shape index (κ1) is 11.0. The molecule has 16 heavy (non-hydrogen) atoms. The van der Waals surface area contributed by atoms with Crippen LogP contribution in [-0.2, 0) is 0 Å². The van der Waals surface area contributed by atoms with Gasteiger partial charge in [0.2, 0.25) is 0 Å². The number of amides is 2. The van der Waals surface area contributed by atoms with E-state index in [-0.39, 0.29) is 6.03 Å². The molecule has 0 aromatic heterocycles. The highest BCUT2D eigenvalue weighted by atomic mass is 16.2. The minimum absolute atomic E-state index is 0.0335. The van der Waals surface area contributed by atoms with Gasteiger partial charge in [0.15, 0.2) is 0 Å². The number of urea groups is 1. The minimum Gasteiger partial charge on any atom is -0.325 e. The third-order valence-electron chi connectivity index (χ3n) is 3.03. The van der Waals surface area contributed by atoms with Crippen LogP contribution in [0.15, 0.2) is 18.2 Å². The number of nitrogens with one attached hydrogen (secondary N) is 1. The summed E-state index contributed by atoms with van der Waals surface area (Å²) in [6.45, 7) is 5.82. The maximum atomic E-state index is 11.9. The molecule has 3 nitrogen and oxygen atoms in total. The van der Waals surface area contributed by atoms with Crippen LogP contribution in [0, 0.1) is 13.8 Å². The van der Waals surface area contributed by atoms with Crippen molar-refractivity contribution in [1.29, 1.82) is 0 Å². The third kappa shape index (κ3) is 2.35. The Balaban J connectivity index is 2.07. The van der Waals surface area contributed by atoms with Crippen LogP contribution in [0.5, 0.6) is 0 Å². The average Bonchev–Trinajstić information content (AvgIpc) is 2.76. The second kappa shape index (κ2) is 4.56. The monoisotopic (exact) mass is 218 g/mol. The summed E-state index contributed by atoms with van der Waals surface area (Å²) in [6, 6.07) is 6.14. The Morgan fingerprint density at radius 2 is 1.94 bits per heavy atom. The quantitative estimate of drug-likeness (QED) is 0.772. The summed E-state index contributed by atoms with van der Waals surface area (Å²) < 4.78 is 0. The lowest BCUT2D eigenvalue weighted by Crippen LogP contribution is -2.32. The van der Waals surface area contributed by atoms with Crippen molar-refractivity contribution in [3.63, 3.8) is 0 Å². The van der Waals surface area contributed by atoms with Gasteiger partial charge in [0, 0.05) is 18.8 Å². The number of carbonyl (C=O) groups excluding carboxylic acids is 1. The molecule has 1 aliphatic rings. The van der Waals surface area contributed by atoms with Gasteiger partial charge >= 0.3 is 6.03 Å². The van der Waals surface area contributed by atoms with Gasteiger partial charge in [0.05, 0.1) is 0 Å². The molecule has 2 rings (SSSR count). The Labute approximate surface area is 96.5 Å². The van der Waals surface area contributed by atoms with Gasteiger partial charge in [-0.15, -0.1) is 0 Å². The van der Waals surface area contributed by atoms with Gasteiger partial charge in [-0.1, -0.05) is 12.1 Å². The fourth-order valence-corrected chi connectivity index (χ4v) is 1.98. The van der Waals surface area contributed by atoms with E-state index in [1.54, 1.807) is 0 Å². The van der Waals surface area contributed by atoms with Gasteiger partial charge in [-0.2, -0.15) is 0 Å². The van der Waals surface area contributed by atoms with E-state index >= 15 is 0 Å². The molecule has 1 N–H and O–H groups in total. The third-order valence-corrected chi connectivity index (χ3v) is 3.03. The second-order valence-corrected chi connectivity index (χ2v) is 4.44. The normalized spacial score (nSPS) is 15.2. The molecule has 0 bridgehead atoms. The summed E-state index contributed by atoms with van der Waals surface area (Å²) in [5.74, 6) is 0. The van der Waals surface area contributed by atoms with Gasteiger partial charge in [-0.25, -0.2) is 4.79 Å². The van der Waals surface area contributed by atoms with Crippen molar-refractivity contribution in [2.24, 2.45) is 0 Å². The lowest BCUT2D eigenvalue weighted by atomic mass is 10.1. The van der Waals surface area contributed by atoms with Crippen molar-refractivity contribution in [1.82, 2.24) is 4.90 Å². The SMILES string of the molecule is Cc1ccc(C)c(NC(=O)N2CCCC2)c1. The molecule has 0 unspecified atom stereocenters. The number of benzene rings is 1. The molecule has 3 heteroatoms. The van der Waals surface area contributed by atoms with Gasteiger partial charge < -0.3 is 10.2 Å². The second-order valence-electron chi connectivity index (χ2n) is 4.44. The molecule has 86 valence electrons. The van der Waals surface area contributed by atoms with Crippen LogP contribution in [0.1, 0.15) is 24.0 Å². The van der Waals surface area contributed by atoms with E-state index in [9.17, 15) is 4.79 Å². The zero-order valence-corrected chi connectivity index (χ0v) is 9.92. The summed E-state index contributed by atoms with van der Waals surface area (Å²) >= 11 is 0. The Hall–Kier alpha value is -1.51. The average molecular weight is 218 g/mol. The molecule has 1 heterocycles. The molecule has 2 amide bonds. The number of hydrogen-bond acceptors (Lipinski definition) is 1. The minimum atomic E-state index is 0.0335. The Kier molecular flexibility index (Phi) is 3.13.